The van der Waals surface area contributed by atoms with Crippen molar-refractivity contribution >= 4 is 0 Å². The quantitative estimate of drug-likeness (QED) is 0.640. The summed E-state index contributed by atoms with van der Waals surface area (Å²) in [4.78, 5) is 14.6. The summed E-state index contributed by atoms with van der Waals surface area (Å²) >= 11 is 0. The first-order valence-corrected chi connectivity index (χ1v) is 7.32. The lowest BCUT2D eigenvalue weighted by atomic mass is 10.1. The van der Waals surface area contributed by atoms with Crippen LogP contribution in [0.4, 0.5) is 0 Å². The van der Waals surface area contributed by atoms with Crippen molar-refractivity contribution in [2.24, 2.45) is 5.73 Å². The molecule has 0 fully saturated rings. The predicted octanol–water partition coefficient (Wildman–Crippen LogP) is 2.96. The Morgan fingerprint density at radius 3 is 2.47 bits per heavy atom. The van der Waals surface area contributed by atoms with E-state index in [0.29, 0.717) is 18.9 Å². The molecule has 0 saturated heterocycles. The number of pyridine rings is 1. The van der Waals surface area contributed by atoms with Gasteiger partial charge in [-0.1, -0.05) is 45.4 Å². The summed E-state index contributed by atoms with van der Waals surface area (Å²) in [5.41, 5.74) is 6.08. The van der Waals surface area contributed by atoms with E-state index in [-0.39, 0.29) is 5.43 Å². The van der Waals surface area contributed by atoms with Gasteiger partial charge in [-0.25, -0.2) is 0 Å². The number of hydrogen-bond donors (Lipinski definition) is 2. The van der Waals surface area contributed by atoms with Gasteiger partial charge < -0.3 is 15.5 Å². The van der Waals surface area contributed by atoms with E-state index in [4.69, 9.17) is 10.5 Å². The van der Waals surface area contributed by atoms with Crippen LogP contribution in [0.1, 0.15) is 57.6 Å². The molecule has 0 atom stereocenters. The highest BCUT2D eigenvalue weighted by molar-refractivity contribution is 5.20. The van der Waals surface area contributed by atoms with Gasteiger partial charge in [0.25, 0.3) is 0 Å². The average Bonchev–Trinajstić information content (AvgIpc) is 2.43. The lowest BCUT2D eigenvalue weighted by Crippen LogP contribution is -2.12. The van der Waals surface area contributed by atoms with Crippen LogP contribution < -0.4 is 15.9 Å². The van der Waals surface area contributed by atoms with Crippen molar-refractivity contribution in [1.82, 2.24) is 4.98 Å². The molecule has 4 nitrogen and oxygen atoms in total. The highest BCUT2D eigenvalue weighted by Gasteiger charge is 2.01. The Morgan fingerprint density at radius 1 is 1.16 bits per heavy atom. The average molecular weight is 266 g/mol. The molecular weight excluding hydrogens is 240 g/mol. The molecule has 1 heterocycles. The van der Waals surface area contributed by atoms with Crippen molar-refractivity contribution < 1.29 is 4.74 Å². The zero-order valence-electron chi connectivity index (χ0n) is 11.9. The Morgan fingerprint density at radius 2 is 1.84 bits per heavy atom. The second-order valence-corrected chi connectivity index (χ2v) is 4.86. The van der Waals surface area contributed by atoms with Crippen LogP contribution in [0.15, 0.2) is 17.1 Å². The number of aromatic amines is 1. The van der Waals surface area contributed by atoms with E-state index in [1.54, 1.807) is 6.20 Å². The van der Waals surface area contributed by atoms with Crippen LogP contribution >= 0.6 is 0 Å². The molecule has 0 amide bonds. The van der Waals surface area contributed by atoms with Gasteiger partial charge in [0.1, 0.15) is 0 Å². The van der Waals surface area contributed by atoms with E-state index in [9.17, 15) is 4.79 Å². The molecule has 108 valence electrons. The standard InChI is InChI=1S/C15H26N2O2/c1-2-3-4-5-6-7-8-9-19-15-12-17-13(11-16)10-14(15)18/h10,12H,2-9,11,16H2,1H3,(H,17,18). The molecule has 0 radical (unpaired) electrons. The second kappa shape index (κ2) is 9.62. The Hall–Kier alpha value is -1.29. The van der Waals surface area contributed by atoms with Gasteiger partial charge in [-0.15, -0.1) is 0 Å². The number of rotatable bonds is 10. The summed E-state index contributed by atoms with van der Waals surface area (Å²) in [6, 6.07) is 1.50. The molecule has 0 bridgehead atoms. The molecule has 0 aliphatic rings. The normalized spacial score (nSPS) is 10.6. The van der Waals surface area contributed by atoms with E-state index in [1.807, 2.05) is 0 Å². The van der Waals surface area contributed by atoms with Gasteiger partial charge in [-0.05, 0) is 6.42 Å². The van der Waals surface area contributed by atoms with Crippen molar-refractivity contribution in [2.75, 3.05) is 6.61 Å². The molecule has 1 aromatic rings. The number of nitrogens with one attached hydrogen (secondary N) is 1. The molecule has 0 aromatic carbocycles. The molecule has 4 heteroatoms. The number of H-pyrrole nitrogens is 1. The first-order valence-electron chi connectivity index (χ1n) is 7.32. The molecule has 3 N–H and O–H groups in total. The van der Waals surface area contributed by atoms with Gasteiger partial charge in [-0.2, -0.15) is 0 Å². The first-order chi connectivity index (χ1) is 9.27. The third kappa shape index (κ3) is 6.43. The maximum absolute atomic E-state index is 11.6. The van der Waals surface area contributed by atoms with Crippen LogP contribution in [0.25, 0.3) is 0 Å². The zero-order valence-corrected chi connectivity index (χ0v) is 11.9. The van der Waals surface area contributed by atoms with E-state index in [0.717, 1.165) is 12.1 Å². The lowest BCUT2D eigenvalue weighted by Gasteiger charge is -2.06. The third-order valence-electron chi connectivity index (χ3n) is 3.16. The molecule has 0 aliphatic carbocycles. The van der Waals surface area contributed by atoms with Crippen LogP contribution in [-0.4, -0.2) is 11.6 Å². The molecule has 0 saturated carbocycles. The van der Waals surface area contributed by atoms with Gasteiger partial charge in [0.2, 0.25) is 5.43 Å². The second-order valence-electron chi connectivity index (χ2n) is 4.86. The van der Waals surface area contributed by atoms with Gasteiger partial charge in [0, 0.05) is 24.5 Å². The lowest BCUT2D eigenvalue weighted by molar-refractivity contribution is 0.300. The van der Waals surface area contributed by atoms with Gasteiger partial charge in [-0.3, -0.25) is 4.79 Å². The summed E-state index contributed by atoms with van der Waals surface area (Å²) in [6.07, 6.45) is 10.3. The summed E-state index contributed by atoms with van der Waals surface area (Å²) in [7, 11) is 0. The summed E-state index contributed by atoms with van der Waals surface area (Å²) < 4.78 is 5.48. The van der Waals surface area contributed by atoms with Crippen molar-refractivity contribution in [2.45, 2.75) is 58.4 Å². The van der Waals surface area contributed by atoms with E-state index < -0.39 is 0 Å². The van der Waals surface area contributed by atoms with Gasteiger partial charge in [0.05, 0.1) is 6.61 Å². The fourth-order valence-corrected chi connectivity index (χ4v) is 1.97. The molecule has 0 aliphatic heterocycles. The topological polar surface area (TPSA) is 68.1 Å². The molecule has 0 spiro atoms. The third-order valence-corrected chi connectivity index (χ3v) is 3.16. The fourth-order valence-electron chi connectivity index (χ4n) is 1.97. The molecule has 0 unspecified atom stereocenters. The van der Waals surface area contributed by atoms with Crippen LogP contribution in [0, 0.1) is 0 Å². The van der Waals surface area contributed by atoms with Crippen molar-refractivity contribution in [1.29, 1.82) is 0 Å². The number of unbranched alkanes of at least 4 members (excludes halogenated alkanes) is 6. The SMILES string of the molecule is CCCCCCCCCOc1c[nH]c(CN)cc1=O. The number of nitrogens with two attached hydrogens (primary N) is 1. The maximum atomic E-state index is 11.6. The summed E-state index contributed by atoms with van der Waals surface area (Å²) in [6.45, 7) is 3.17. The minimum Gasteiger partial charge on any atom is -0.488 e. The van der Waals surface area contributed by atoms with Crippen LogP contribution in [0.3, 0.4) is 0 Å². The number of hydrogen-bond acceptors (Lipinski definition) is 3. The summed E-state index contributed by atoms with van der Waals surface area (Å²) in [5.74, 6) is 0.392. The molecule has 1 aromatic heterocycles. The molecule has 1 rings (SSSR count). The Kier molecular flexibility index (Phi) is 7.98. The minimum absolute atomic E-state index is 0.0952. The number of aromatic nitrogens is 1. The van der Waals surface area contributed by atoms with Gasteiger partial charge in [0.15, 0.2) is 5.75 Å². The molecular formula is C15H26N2O2. The Balaban J connectivity index is 2.14. The summed E-state index contributed by atoms with van der Waals surface area (Å²) in [5, 5.41) is 0. The Bertz CT molecular complexity index is 401. The van der Waals surface area contributed by atoms with Crippen molar-refractivity contribution in [3.05, 3.63) is 28.2 Å². The zero-order chi connectivity index (χ0) is 13.9. The smallest absolute Gasteiger partial charge is 0.223 e. The maximum Gasteiger partial charge on any atom is 0.223 e. The van der Waals surface area contributed by atoms with Gasteiger partial charge >= 0.3 is 0 Å². The van der Waals surface area contributed by atoms with Crippen LogP contribution in [0.5, 0.6) is 5.75 Å². The monoisotopic (exact) mass is 266 g/mol. The highest BCUT2D eigenvalue weighted by atomic mass is 16.5. The molecule has 19 heavy (non-hydrogen) atoms. The highest BCUT2D eigenvalue weighted by Crippen LogP contribution is 2.08. The Labute approximate surface area is 115 Å². The van der Waals surface area contributed by atoms with Crippen molar-refractivity contribution in [3.63, 3.8) is 0 Å². The van der Waals surface area contributed by atoms with E-state index in [2.05, 4.69) is 11.9 Å². The first kappa shape index (κ1) is 15.8. The minimum atomic E-state index is -0.0952. The van der Waals surface area contributed by atoms with E-state index >= 15 is 0 Å². The predicted molar refractivity (Wildman–Crippen MR) is 78.4 cm³/mol. The van der Waals surface area contributed by atoms with E-state index in [1.165, 1.54) is 44.6 Å². The van der Waals surface area contributed by atoms with Crippen molar-refractivity contribution in [3.8, 4) is 5.75 Å². The largest absolute Gasteiger partial charge is 0.488 e. The number of ether oxygens (including phenoxy) is 1. The fraction of sp³-hybridized carbons (Fsp3) is 0.667. The van der Waals surface area contributed by atoms with Crippen LogP contribution in [0.2, 0.25) is 0 Å². The van der Waals surface area contributed by atoms with Crippen LogP contribution in [-0.2, 0) is 6.54 Å².